The van der Waals surface area contributed by atoms with Gasteiger partial charge in [-0.25, -0.2) is 0 Å². The third kappa shape index (κ3) is 3.69. The van der Waals surface area contributed by atoms with E-state index in [1.165, 1.54) is 22.7 Å². The lowest BCUT2D eigenvalue weighted by Gasteiger charge is -2.35. The van der Waals surface area contributed by atoms with E-state index in [0.717, 1.165) is 38.3 Å². The lowest BCUT2D eigenvalue weighted by molar-refractivity contribution is 0.0629. The van der Waals surface area contributed by atoms with Gasteiger partial charge >= 0.3 is 0 Å². The summed E-state index contributed by atoms with van der Waals surface area (Å²) in [5.41, 5.74) is 2.83. The predicted molar refractivity (Wildman–Crippen MR) is 115 cm³/mol. The van der Waals surface area contributed by atoms with E-state index >= 15 is 0 Å². The average Bonchev–Trinajstić information content (AvgIpc) is 3.35. The highest BCUT2D eigenvalue weighted by molar-refractivity contribution is 5.94. The number of benzene rings is 3. The van der Waals surface area contributed by atoms with Crippen molar-refractivity contribution in [2.75, 3.05) is 26.2 Å². The van der Waals surface area contributed by atoms with E-state index in [-0.39, 0.29) is 5.91 Å². The molecule has 0 saturated carbocycles. The molecule has 0 atom stereocenters. The molecule has 1 aliphatic rings. The molecule has 2 heterocycles. The van der Waals surface area contributed by atoms with Crippen LogP contribution in [0.5, 0.6) is 0 Å². The Morgan fingerprint density at radius 1 is 0.900 bits per heavy atom. The van der Waals surface area contributed by atoms with Gasteiger partial charge < -0.3 is 9.32 Å². The van der Waals surface area contributed by atoms with Crippen LogP contribution in [0.15, 0.2) is 77.5 Å². The second kappa shape index (κ2) is 8.08. The number of fused-ring (bicyclic) bond motifs is 1. The van der Waals surface area contributed by atoms with Gasteiger partial charge in [0.15, 0.2) is 0 Å². The smallest absolute Gasteiger partial charge is 0.253 e. The number of amides is 1. The van der Waals surface area contributed by atoms with E-state index in [1.54, 1.807) is 0 Å². The molecule has 6 nitrogen and oxygen atoms in total. The summed E-state index contributed by atoms with van der Waals surface area (Å²) in [5.74, 6) is 0.521. The molecule has 6 heteroatoms. The highest BCUT2D eigenvalue weighted by Gasteiger charge is 2.22. The molecule has 0 spiro atoms. The Bertz CT molecular complexity index is 1140. The Kier molecular flexibility index (Phi) is 4.99. The van der Waals surface area contributed by atoms with Crippen molar-refractivity contribution < 1.29 is 9.21 Å². The fraction of sp³-hybridized carbons (Fsp3) is 0.208. The quantitative estimate of drug-likeness (QED) is 0.523. The zero-order valence-electron chi connectivity index (χ0n) is 16.6. The molecule has 1 aromatic heterocycles. The maximum absolute atomic E-state index is 12.9. The van der Waals surface area contributed by atoms with Crippen LogP contribution in [0.3, 0.4) is 0 Å². The van der Waals surface area contributed by atoms with Crippen molar-refractivity contribution in [1.82, 2.24) is 20.0 Å². The number of carbonyl (C=O) groups is 1. The van der Waals surface area contributed by atoms with Gasteiger partial charge in [-0.05, 0) is 40.6 Å². The molecule has 150 valence electrons. The summed E-state index contributed by atoms with van der Waals surface area (Å²) in [5, 5.41) is 10.2. The van der Waals surface area contributed by atoms with Crippen molar-refractivity contribution >= 4 is 16.7 Å². The summed E-state index contributed by atoms with van der Waals surface area (Å²) < 4.78 is 5.20. The van der Waals surface area contributed by atoms with Gasteiger partial charge in [0.25, 0.3) is 5.91 Å². The van der Waals surface area contributed by atoms with Crippen molar-refractivity contribution in [2.45, 2.75) is 6.54 Å². The molecule has 0 N–H and O–H groups in total. The van der Waals surface area contributed by atoms with E-state index in [2.05, 4.69) is 57.6 Å². The standard InChI is InChI=1S/C24H22N4O2/c29-24(20-10-8-19(9-11-20)23-26-25-17-30-23)28-14-12-27(13-15-28)16-21-6-3-5-18-4-1-2-7-22(18)21/h1-11,17H,12-16H2. The summed E-state index contributed by atoms with van der Waals surface area (Å²) in [6.07, 6.45) is 1.30. The van der Waals surface area contributed by atoms with Crippen molar-refractivity contribution in [3.05, 3.63) is 84.3 Å². The van der Waals surface area contributed by atoms with Gasteiger partial charge in [0.2, 0.25) is 12.3 Å². The number of rotatable bonds is 4. The van der Waals surface area contributed by atoms with Gasteiger partial charge in [-0.2, -0.15) is 0 Å². The number of hydrogen-bond donors (Lipinski definition) is 0. The van der Waals surface area contributed by atoms with Gasteiger partial charge in [-0.15, -0.1) is 10.2 Å². The molecule has 1 fully saturated rings. The van der Waals surface area contributed by atoms with Crippen LogP contribution in [0.4, 0.5) is 0 Å². The van der Waals surface area contributed by atoms with Gasteiger partial charge in [-0.3, -0.25) is 9.69 Å². The molecule has 5 rings (SSSR count). The molecule has 1 amide bonds. The third-order valence-electron chi connectivity index (χ3n) is 5.67. The number of hydrogen-bond acceptors (Lipinski definition) is 5. The van der Waals surface area contributed by atoms with E-state index in [1.807, 2.05) is 29.2 Å². The maximum atomic E-state index is 12.9. The van der Waals surface area contributed by atoms with Crippen molar-refractivity contribution in [1.29, 1.82) is 0 Å². The monoisotopic (exact) mass is 398 g/mol. The van der Waals surface area contributed by atoms with Crippen molar-refractivity contribution in [2.24, 2.45) is 0 Å². The SMILES string of the molecule is O=C(c1ccc(-c2nnco2)cc1)N1CCN(Cc2cccc3ccccc23)CC1. The second-order valence-electron chi connectivity index (χ2n) is 7.53. The van der Waals surface area contributed by atoms with Gasteiger partial charge in [0.05, 0.1) is 0 Å². The largest absolute Gasteiger partial charge is 0.423 e. The fourth-order valence-corrected chi connectivity index (χ4v) is 4.02. The first-order valence-electron chi connectivity index (χ1n) is 10.1. The van der Waals surface area contributed by atoms with Crippen LogP contribution in [0.2, 0.25) is 0 Å². The minimum atomic E-state index is 0.0666. The minimum Gasteiger partial charge on any atom is -0.423 e. The number of aromatic nitrogens is 2. The molecular weight excluding hydrogens is 376 g/mol. The summed E-state index contributed by atoms with van der Waals surface area (Å²) in [4.78, 5) is 17.2. The first-order chi connectivity index (χ1) is 14.8. The zero-order valence-corrected chi connectivity index (χ0v) is 16.6. The maximum Gasteiger partial charge on any atom is 0.253 e. The third-order valence-corrected chi connectivity index (χ3v) is 5.67. The van der Waals surface area contributed by atoms with Crippen LogP contribution in [0.1, 0.15) is 15.9 Å². The highest BCUT2D eigenvalue weighted by Crippen LogP contribution is 2.21. The number of piperazine rings is 1. The highest BCUT2D eigenvalue weighted by atomic mass is 16.4. The average molecular weight is 398 g/mol. The molecule has 0 bridgehead atoms. The topological polar surface area (TPSA) is 62.5 Å². The summed E-state index contributed by atoms with van der Waals surface area (Å²) in [6, 6.07) is 22.3. The van der Waals surface area contributed by atoms with Crippen LogP contribution >= 0.6 is 0 Å². The minimum absolute atomic E-state index is 0.0666. The summed E-state index contributed by atoms with van der Waals surface area (Å²) >= 11 is 0. The van der Waals surface area contributed by atoms with Crippen molar-refractivity contribution in [3.8, 4) is 11.5 Å². The zero-order chi connectivity index (χ0) is 20.3. The Balaban J connectivity index is 1.22. The Hall–Kier alpha value is -3.51. The molecular formula is C24H22N4O2. The van der Waals surface area contributed by atoms with Gasteiger partial charge in [0, 0.05) is 43.9 Å². The predicted octanol–water partition coefficient (Wildman–Crippen LogP) is 3.85. The molecule has 0 radical (unpaired) electrons. The molecule has 4 aromatic rings. The van der Waals surface area contributed by atoms with Gasteiger partial charge in [-0.1, -0.05) is 42.5 Å². The first-order valence-corrected chi connectivity index (χ1v) is 10.1. The molecule has 0 unspecified atom stereocenters. The Morgan fingerprint density at radius 3 is 2.43 bits per heavy atom. The lowest BCUT2D eigenvalue weighted by Crippen LogP contribution is -2.48. The number of carbonyl (C=O) groups excluding carboxylic acids is 1. The van der Waals surface area contributed by atoms with Crippen LogP contribution < -0.4 is 0 Å². The van der Waals surface area contributed by atoms with E-state index in [4.69, 9.17) is 4.42 Å². The first kappa shape index (κ1) is 18.5. The molecule has 1 aliphatic heterocycles. The second-order valence-corrected chi connectivity index (χ2v) is 7.53. The fourth-order valence-electron chi connectivity index (χ4n) is 4.02. The Labute approximate surface area is 174 Å². The van der Waals surface area contributed by atoms with Crippen LogP contribution in [-0.2, 0) is 6.54 Å². The van der Waals surface area contributed by atoms with Crippen molar-refractivity contribution in [3.63, 3.8) is 0 Å². The number of nitrogens with zero attached hydrogens (tertiary/aromatic N) is 4. The van der Waals surface area contributed by atoms with Crippen LogP contribution in [0.25, 0.3) is 22.2 Å². The van der Waals surface area contributed by atoms with E-state index in [0.29, 0.717) is 11.5 Å². The molecule has 3 aromatic carbocycles. The summed E-state index contributed by atoms with van der Waals surface area (Å²) in [7, 11) is 0. The normalized spacial score (nSPS) is 14.9. The van der Waals surface area contributed by atoms with Gasteiger partial charge in [0.1, 0.15) is 0 Å². The lowest BCUT2D eigenvalue weighted by atomic mass is 10.0. The molecule has 0 aliphatic carbocycles. The van der Waals surface area contributed by atoms with Crippen LogP contribution in [0, 0.1) is 0 Å². The molecule has 1 saturated heterocycles. The van der Waals surface area contributed by atoms with E-state index in [9.17, 15) is 4.79 Å². The Morgan fingerprint density at radius 2 is 1.67 bits per heavy atom. The summed E-state index contributed by atoms with van der Waals surface area (Å²) in [6.45, 7) is 4.11. The van der Waals surface area contributed by atoms with E-state index < -0.39 is 0 Å². The molecule has 30 heavy (non-hydrogen) atoms. The van der Waals surface area contributed by atoms with Crippen LogP contribution in [-0.4, -0.2) is 52.1 Å².